The Morgan fingerprint density at radius 2 is 1.95 bits per heavy atom. The van der Waals surface area contributed by atoms with E-state index in [2.05, 4.69) is 30.3 Å². The Morgan fingerprint density at radius 1 is 1.32 bits per heavy atom. The number of piperidine rings is 1. The van der Waals surface area contributed by atoms with Crippen LogP contribution in [0.2, 0.25) is 0 Å². The Labute approximate surface area is 115 Å². The van der Waals surface area contributed by atoms with Crippen LogP contribution >= 0.6 is 0 Å². The standard InChI is InChI=1S/C16H24N2O/c1-2-13(12-17)16(19)18-10-8-15(9-11-18)14-6-4-3-5-7-14/h3-7,13,15H,2,8-12,17H2,1H3. The Balaban J connectivity index is 1.91. The minimum absolute atomic E-state index is 0.00766. The van der Waals surface area contributed by atoms with Crippen LogP contribution in [0.3, 0.4) is 0 Å². The molecule has 0 radical (unpaired) electrons. The third-order valence-electron chi connectivity index (χ3n) is 4.20. The van der Waals surface area contributed by atoms with Crippen molar-refractivity contribution in [2.75, 3.05) is 19.6 Å². The summed E-state index contributed by atoms with van der Waals surface area (Å²) in [4.78, 5) is 14.2. The van der Waals surface area contributed by atoms with Gasteiger partial charge in [0, 0.05) is 19.6 Å². The normalized spacial score (nSPS) is 18.3. The molecule has 0 aliphatic carbocycles. The largest absolute Gasteiger partial charge is 0.342 e. The molecular formula is C16H24N2O. The van der Waals surface area contributed by atoms with Gasteiger partial charge in [0.15, 0.2) is 0 Å². The predicted molar refractivity (Wildman–Crippen MR) is 77.8 cm³/mol. The lowest BCUT2D eigenvalue weighted by atomic mass is 9.89. The van der Waals surface area contributed by atoms with Gasteiger partial charge >= 0.3 is 0 Å². The highest BCUT2D eigenvalue weighted by Crippen LogP contribution is 2.28. The number of hydrogen-bond donors (Lipinski definition) is 1. The van der Waals surface area contributed by atoms with Crippen LogP contribution in [0.1, 0.15) is 37.7 Å². The first-order valence-electron chi connectivity index (χ1n) is 7.30. The quantitative estimate of drug-likeness (QED) is 0.903. The molecule has 1 aliphatic rings. The molecule has 3 nitrogen and oxygen atoms in total. The molecule has 1 amide bonds. The molecule has 19 heavy (non-hydrogen) atoms. The van der Waals surface area contributed by atoms with E-state index in [1.54, 1.807) is 0 Å². The van der Waals surface area contributed by atoms with E-state index in [-0.39, 0.29) is 11.8 Å². The summed E-state index contributed by atoms with van der Waals surface area (Å²) in [6.45, 7) is 4.24. The van der Waals surface area contributed by atoms with Gasteiger partial charge in [-0.3, -0.25) is 4.79 Å². The van der Waals surface area contributed by atoms with Crippen molar-refractivity contribution in [3.63, 3.8) is 0 Å². The second-order valence-corrected chi connectivity index (χ2v) is 5.35. The zero-order valence-electron chi connectivity index (χ0n) is 11.7. The van der Waals surface area contributed by atoms with Crippen LogP contribution in [0.15, 0.2) is 30.3 Å². The number of carbonyl (C=O) groups is 1. The van der Waals surface area contributed by atoms with Gasteiger partial charge < -0.3 is 10.6 Å². The van der Waals surface area contributed by atoms with Gasteiger partial charge in [-0.1, -0.05) is 37.3 Å². The van der Waals surface area contributed by atoms with E-state index in [0.29, 0.717) is 12.5 Å². The lowest BCUT2D eigenvalue weighted by Gasteiger charge is -2.34. The summed E-state index contributed by atoms with van der Waals surface area (Å²) in [7, 11) is 0. The highest BCUT2D eigenvalue weighted by atomic mass is 16.2. The molecule has 1 saturated heterocycles. The minimum atomic E-state index is 0.00766. The van der Waals surface area contributed by atoms with Crippen molar-refractivity contribution in [2.24, 2.45) is 11.7 Å². The molecule has 2 rings (SSSR count). The summed E-state index contributed by atoms with van der Waals surface area (Å²) in [6.07, 6.45) is 2.97. The number of benzene rings is 1. The average molecular weight is 260 g/mol. The maximum Gasteiger partial charge on any atom is 0.226 e. The molecule has 0 aromatic heterocycles. The molecule has 1 heterocycles. The first-order valence-corrected chi connectivity index (χ1v) is 7.30. The molecule has 0 bridgehead atoms. The van der Waals surface area contributed by atoms with Gasteiger partial charge in [0.25, 0.3) is 0 Å². The van der Waals surface area contributed by atoms with Crippen molar-refractivity contribution in [2.45, 2.75) is 32.1 Å². The summed E-state index contributed by atoms with van der Waals surface area (Å²) in [5.41, 5.74) is 7.06. The molecule has 2 N–H and O–H groups in total. The van der Waals surface area contributed by atoms with Crippen LogP contribution in [-0.4, -0.2) is 30.4 Å². The topological polar surface area (TPSA) is 46.3 Å². The Bertz CT molecular complexity index is 392. The first-order chi connectivity index (χ1) is 9.26. The van der Waals surface area contributed by atoms with E-state index in [9.17, 15) is 4.79 Å². The first kappa shape index (κ1) is 14.1. The number of rotatable bonds is 4. The fourth-order valence-electron chi connectivity index (χ4n) is 2.86. The van der Waals surface area contributed by atoms with Crippen molar-refractivity contribution in [1.82, 2.24) is 4.90 Å². The molecule has 1 aromatic rings. The van der Waals surface area contributed by atoms with E-state index >= 15 is 0 Å². The second kappa shape index (κ2) is 6.71. The van der Waals surface area contributed by atoms with Crippen LogP contribution in [0.25, 0.3) is 0 Å². The van der Waals surface area contributed by atoms with Crippen molar-refractivity contribution < 1.29 is 4.79 Å². The molecule has 3 heteroatoms. The van der Waals surface area contributed by atoms with Crippen LogP contribution in [0.4, 0.5) is 0 Å². The average Bonchev–Trinajstić information content (AvgIpc) is 2.49. The molecular weight excluding hydrogens is 236 g/mol. The lowest BCUT2D eigenvalue weighted by Crippen LogP contribution is -2.43. The molecule has 1 aliphatic heterocycles. The zero-order chi connectivity index (χ0) is 13.7. The third-order valence-corrected chi connectivity index (χ3v) is 4.20. The SMILES string of the molecule is CCC(CN)C(=O)N1CCC(c2ccccc2)CC1. The fraction of sp³-hybridized carbons (Fsp3) is 0.562. The molecule has 0 saturated carbocycles. The molecule has 104 valence electrons. The Hall–Kier alpha value is -1.35. The highest BCUT2D eigenvalue weighted by molar-refractivity contribution is 5.79. The second-order valence-electron chi connectivity index (χ2n) is 5.35. The predicted octanol–water partition coefficient (Wildman–Crippen LogP) is 2.38. The van der Waals surface area contributed by atoms with Gasteiger partial charge in [-0.2, -0.15) is 0 Å². The van der Waals surface area contributed by atoms with Crippen molar-refractivity contribution in [3.05, 3.63) is 35.9 Å². The van der Waals surface area contributed by atoms with Crippen LogP contribution in [0.5, 0.6) is 0 Å². The number of nitrogens with two attached hydrogens (primary N) is 1. The van der Waals surface area contributed by atoms with Gasteiger partial charge in [-0.05, 0) is 30.7 Å². The smallest absolute Gasteiger partial charge is 0.226 e. The van der Waals surface area contributed by atoms with Gasteiger partial charge in [-0.15, -0.1) is 0 Å². The van der Waals surface area contributed by atoms with Crippen molar-refractivity contribution in [1.29, 1.82) is 0 Å². The number of amides is 1. The molecule has 1 atom stereocenters. The summed E-state index contributed by atoms with van der Waals surface area (Å²) >= 11 is 0. The van der Waals surface area contributed by atoms with E-state index in [1.165, 1.54) is 5.56 Å². The monoisotopic (exact) mass is 260 g/mol. The molecule has 0 spiro atoms. The summed E-state index contributed by atoms with van der Waals surface area (Å²) < 4.78 is 0. The Kier molecular flexibility index (Phi) is 4.97. The number of likely N-dealkylation sites (tertiary alicyclic amines) is 1. The van der Waals surface area contributed by atoms with Crippen LogP contribution < -0.4 is 5.73 Å². The summed E-state index contributed by atoms with van der Waals surface area (Å²) in [5.74, 6) is 0.855. The molecule has 1 fully saturated rings. The lowest BCUT2D eigenvalue weighted by molar-refractivity contribution is -0.136. The van der Waals surface area contributed by atoms with Crippen molar-refractivity contribution >= 4 is 5.91 Å². The zero-order valence-corrected chi connectivity index (χ0v) is 11.7. The summed E-state index contributed by atoms with van der Waals surface area (Å²) in [6, 6.07) is 10.6. The van der Waals surface area contributed by atoms with E-state index in [0.717, 1.165) is 32.4 Å². The van der Waals surface area contributed by atoms with Gasteiger partial charge in [0.1, 0.15) is 0 Å². The van der Waals surface area contributed by atoms with E-state index in [1.807, 2.05) is 11.8 Å². The molecule has 1 aromatic carbocycles. The number of carbonyl (C=O) groups excluding carboxylic acids is 1. The Morgan fingerprint density at radius 3 is 2.47 bits per heavy atom. The minimum Gasteiger partial charge on any atom is -0.342 e. The highest BCUT2D eigenvalue weighted by Gasteiger charge is 2.27. The maximum atomic E-state index is 12.2. The maximum absolute atomic E-state index is 12.2. The van der Waals surface area contributed by atoms with Crippen LogP contribution in [0, 0.1) is 5.92 Å². The summed E-state index contributed by atoms with van der Waals surface area (Å²) in [5, 5.41) is 0. The van der Waals surface area contributed by atoms with Gasteiger partial charge in [0.2, 0.25) is 5.91 Å². The van der Waals surface area contributed by atoms with Gasteiger partial charge in [-0.25, -0.2) is 0 Å². The van der Waals surface area contributed by atoms with Crippen LogP contribution in [-0.2, 0) is 4.79 Å². The van der Waals surface area contributed by atoms with E-state index < -0.39 is 0 Å². The van der Waals surface area contributed by atoms with Gasteiger partial charge in [0.05, 0.1) is 5.92 Å². The van der Waals surface area contributed by atoms with E-state index in [4.69, 9.17) is 5.73 Å². The number of nitrogens with zero attached hydrogens (tertiary/aromatic N) is 1. The van der Waals surface area contributed by atoms with Crippen molar-refractivity contribution in [3.8, 4) is 0 Å². The fourth-order valence-corrected chi connectivity index (χ4v) is 2.86. The molecule has 1 unspecified atom stereocenters. The third kappa shape index (κ3) is 3.35. The number of hydrogen-bond acceptors (Lipinski definition) is 2.